The SMILES string of the molecule is CN=Nc1c(S(=O)(=O)O)cc2cc(SOOO)c(N=Nc3ccc4cc(SOOO)c(N=Nc5ccccc5S(=O)(=O)O)c(O)c4c3)c(N)c2c1O. The number of benzene rings is 5. The summed E-state index contributed by atoms with van der Waals surface area (Å²) in [5.74, 6) is -1.31. The molecule has 0 saturated carbocycles. The van der Waals surface area contributed by atoms with Gasteiger partial charge < -0.3 is 15.9 Å². The van der Waals surface area contributed by atoms with Crippen LogP contribution in [0.3, 0.4) is 0 Å². The maximum Gasteiger partial charge on any atom is 0.296 e. The van der Waals surface area contributed by atoms with Gasteiger partial charge in [-0.2, -0.15) is 32.2 Å². The summed E-state index contributed by atoms with van der Waals surface area (Å²) >= 11 is 0.785. The van der Waals surface area contributed by atoms with Crippen molar-refractivity contribution in [3.8, 4) is 11.5 Å². The Labute approximate surface area is 299 Å². The van der Waals surface area contributed by atoms with Crippen LogP contribution in [0.2, 0.25) is 0 Å². The highest BCUT2D eigenvalue weighted by molar-refractivity contribution is 7.95. The Hall–Kier alpha value is -4.90. The van der Waals surface area contributed by atoms with Crippen molar-refractivity contribution in [2.75, 3.05) is 12.8 Å². The van der Waals surface area contributed by atoms with Gasteiger partial charge in [-0.05, 0) is 53.2 Å². The minimum absolute atomic E-state index is 0.0300. The van der Waals surface area contributed by atoms with Crippen LogP contribution in [-0.4, -0.2) is 53.7 Å². The highest BCUT2D eigenvalue weighted by Crippen LogP contribution is 2.50. The first kappa shape index (κ1) is 38.3. The smallest absolute Gasteiger partial charge is 0.296 e. The molecule has 0 aliphatic carbocycles. The number of nitrogens with zero attached hydrogens (tertiary/aromatic N) is 6. The van der Waals surface area contributed by atoms with E-state index in [-0.39, 0.29) is 54.4 Å². The highest BCUT2D eigenvalue weighted by atomic mass is 32.2. The molecule has 25 heteroatoms. The number of phenols is 2. The number of anilines is 1. The van der Waals surface area contributed by atoms with Crippen molar-refractivity contribution >= 4 is 100.0 Å². The van der Waals surface area contributed by atoms with Gasteiger partial charge in [-0.25, -0.2) is 10.5 Å². The summed E-state index contributed by atoms with van der Waals surface area (Å²) in [6, 6.07) is 13.0. The second-order valence-electron chi connectivity index (χ2n) is 9.85. The van der Waals surface area contributed by atoms with Gasteiger partial charge in [0.1, 0.15) is 32.5 Å². The topological polar surface area (TPSA) is 327 Å². The van der Waals surface area contributed by atoms with Crippen molar-refractivity contribution in [1.29, 1.82) is 0 Å². The highest BCUT2D eigenvalue weighted by Gasteiger charge is 2.26. The molecule has 0 aliphatic heterocycles. The fraction of sp³-hybridized carbons (Fsp3) is 0.0370. The number of hydrogen-bond donors (Lipinski definition) is 7. The summed E-state index contributed by atoms with van der Waals surface area (Å²) in [5, 5.41) is 70.5. The van der Waals surface area contributed by atoms with Crippen LogP contribution in [-0.2, 0) is 39.0 Å². The first-order valence-electron chi connectivity index (χ1n) is 13.6. The minimum Gasteiger partial charge on any atom is -0.505 e. The average Bonchev–Trinajstić information content (AvgIpc) is 3.09. The minimum atomic E-state index is -4.92. The summed E-state index contributed by atoms with van der Waals surface area (Å²) in [6.07, 6.45) is 0. The molecular weight excluding hydrogens is 775 g/mol. The second-order valence-corrected chi connectivity index (χ2v) is 14.1. The molecule has 5 aromatic carbocycles. The lowest BCUT2D eigenvalue weighted by Crippen LogP contribution is -2.00. The predicted octanol–water partition coefficient (Wildman–Crippen LogP) is 7.88. The van der Waals surface area contributed by atoms with E-state index < -0.39 is 47.2 Å². The zero-order valence-corrected chi connectivity index (χ0v) is 28.9. The van der Waals surface area contributed by atoms with Crippen molar-refractivity contribution < 1.29 is 65.4 Å². The molecule has 272 valence electrons. The molecule has 0 amide bonds. The summed E-state index contributed by atoms with van der Waals surface area (Å²) in [4.78, 5) is -1.35. The van der Waals surface area contributed by atoms with E-state index in [0.29, 0.717) is 29.5 Å². The van der Waals surface area contributed by atoms with Gasteiger partial charge in [0.2, 0.25) is 0 Å². The summed E-state index contributed by atoms with van der Waals surface area (Å²) in [7, 11) is -8.42. The van der Waals surface area contributed by atoms with E-state index >= 15 is 0 Å². The van der Waals surface area contributed by atoms with E-state index in [4.69, 9.17) is 16.2 Å². The average molecular weight is 796 g/mol. The molecule has 0 bridgehead atoms. The van der Waals surface area contributed by atoms with E-state index in [2.05, 4.69) is 49.4 Å². The molecule has 21 nitrogen and oxygen atoms in total. The number of rotatable bonds is 13. The molecule has 0 unspecified atom stereocenters. The normalized spacial score (nSPS) is 12.7. The quantitative estimate of drug-likeness (QED) is 0.0149. The number of hydrogen-bond acceptors (Lipinski definition) is 21. The Bertz CT molecular complexity index is 2520. The number of fused-ring (bicyclic) bond motifs is 2. The van der Waals surface area contributed by atoms with Crippen LogP contribution in [0.25, 0.3) is 21.5 Å². The Morgan fingerprint density at radius 2 is 1.29 bits per heavy atom. The fourth-order valence-electron chi connectivity index (χ4n) is 4.70. The number of nitrogen functional groups attached to an aromatic ring is 1. The largest absolute Gasteiger partial charge is 0.505 e. The van der Waals surface area contributed by atoms with Gasteiger partial charge in [0, 0.05) is 12.4 Å². The van der Waals surface area contributed by atoms with Crippen LogP contribution in [0.15, 0.2) is 111 Å². The van der Waals surface area contributed by atoms with Gasteiger partial charge in [-0.1, -0.05) is 28.3 Å². The van der Waals surface area contributed by atoms with Gasteiger partial charge >= 0.3 is 0 Å². The molecule has 5 rings (SSSR count). The zero-order valence-electron chi connectivity index (χ0n) is 25.6. The number of azo groups is 3. The summed E-state index contributed by atoms with van der Waals surface area (Å²) < 4.78 is 76.1. The predicted molar refractivity (Wildman–Crippen MR) is 182 cm³/mol. The molecule has 52 heavy (non-hydrogen) atoms. The van der Waals surface area contributed by atoms with Crippen molar-refractivity contribution in [3.05, 3.63) is 60.7 Å². The standard InChI is InChI=1S/C27H21N7O14S4/c1-29-32-25-20(52(42,43)44)10-13-9-17(49-47-45-37)23(22(28)21(13)27(25)36)33-30-14-7-6-12-8-18(50-48-46-38)24(26(35)15(12)11-14)34-31-16-4-2-3-5-19(16)51(39,40)41/h2-11,35-38H,28H2,1H3,(H,39,40,41)(H,42,43,44). The van der Waals surface area contributed by atoms with Gasteiger partial charge in [-0.15, -0.1) is 24.0 Å². The first-order chi connectivity index (χ1) is 24.7. The van der Waals surface area contributed by atoms with Crippen LogP contribution < -0.4 is 5.73 Å². The van der Waals surface area contributed by atoms with Gasteiger partial charge in [0.05, 0.1) is 50.6 Å². The third-order valence-electron chi connectivity index (χ3n) is 6.80. The van der Waals surface area contributed by atoms with Crippen molar-refractivity contribution in [2.24, 2.45) is 30.7 Å². The van der Waals surface area contributed by atoms with Crippen LogP contribution in [0.5, 0.6) is 11.5 Å². The molecule has 0 radical (unpaired) electrons. The van der Waals surface area contributed by atoms with E-state index in [1.807, 2.05) is 0 Å². The molecule has 0 fully saturated rings. The Kier molecular flexibility index (Phi) is 11.6. The Morgan fingerprint density at radius 3 is 1.92 bits per heavy atom. The Morgan fingerprint density at radius 1 is 0.673 bits per heavy atom. The van der Waals surface area contributed by atoms with E-state index in [9.17, 15) is 36.2 Å². The summed E-state index contributed by atoms with van der Waals surface area (Å²) in [6.45, 7) is 0. The molecule has 0 saturated heterocycles. The van der Waals surface area contributed by atoms with Gasteiger partial charge in [0.15, 0.2) is 11.5 Å². The lowest BCUT2D eigenvalue weighted by atomic mass is 10.1. The molecule has 0 spiro atoms. The molecule has 0 heterocycles. The van der Waals surface area contributed by atoms with Crippen LogP contribution in [0, 0.1) is 0 Å². The monoisotopic (exact) mass is 795 g/mol. The fourth-order valence-corrected chi connectivity index (χ4v) is 6.98. The summed E-state index contributed by atoms with van der Waals surface area (Å²) in [5.41, 5.74) is 4.79. The lowest BCUT2D eigenvalue weighted by Gasteiger charge is -2.14. The second kappa shape index (κ2) is 15.8. The molecule has 5 aromatic rings. The molecular formula is C27H21N7O14S4. The third kappa shape index (κ3) is 8.09. The maximum absolute atomic E-state index is 12.1. The zero-order chi connectivity index (χ0) is 37.8. The molecule has 0 atom stereocenters. The molecule has 0 aliphatic rings. The maximum atomic E-state index is 12.1. The van der Waals surface area contributed by atoms with Gasteiger partial charge in [-0.3, -0.25) is 9.11 Å². The van der Waals surface area contributed by atoms with Crippen LogP contribution >= 0.6 is 24.1 Å². The number of aromatic hydroxyl groups is 2. The third-order valence-corrected chi connectivity index (χ3v) is 9.81. The van der Waals surface area contributed by atoms with Crippen molar-refractivity contribution in [1.82, 2.24) is 0 Å². The van der Waals surface area contributed by atoms with E-state index in [0.717, 1.165) is 12.1 Å². The molecule has 0 aromatic heterocycles. The number of phenolic OH excluding ortho intramolecular Hbond substituents is 2. The van der Waals surface area contributed by atoms with Gasteiger partial charge in [0.25, 0.3) is 20.2 Å². The number of nitrogens with two attached hydrogens (primary N) is 1. The van der Waals surface area contributed by atoms with E-state index in [1.54, 1.807) is 0 Å². The van der Waals surface area contributed by atoms with Crippen LogP contribution in [0.4, 0.5) is 34.1 Å². The van der Waals surface area contributed by atoms with Crippen LogP contribution in [0.1, 0.15) is 0 Å². The van der Waals surface area contributed by atoms with E-state index in [1.165, 1.54) is 55.6 Å². The molecule has 8 N–H and O–H groups in total. The first-order valence-corrected chi connectivity index (χ1v) is 17.9. The lowest BCUT2D eigenvalue weighted by molar-refractivity contribution is -0.432. The Balaban J connectivity index is 1.65. The van der Waals surface area contributed by atoms with Crippen molar-refractivity contribution in [2.45, 2.75) is 19.6 Å². The van der Waals surface area contributed by atoms with Crippen molar-refractivity contribution in [3.63, 3.8) is 0 Å².